The molecule has 0 spiro atoms. The van der Waals surface area contributed by atoms with E-state index in [1.807, 2.05) is 6.92 Å². The third kappa shape index (κ3) is 3.01. The number of nitrogens with one attached hydrogen (secondary N) is 1. The minimum absolute atomic E-state index is 0.103. The lowest BCUT2D eigenvalue weighted by atomic mass is 10.1. The molecule has 0 amide bonds. The molecule has 4 nitrogen and oxygen atoms in total. The van der Waals surface area contributed by atoms with Gasteiger partial charge in [0.25, 0.3) is 5.56 Å². The van der Waals surface area contributed by atoms with Crippen LogP contribution in [-0.4, -0.2) is 14.8 Å². The predicted octanol–water partition coefficient (Wildman–Crippen LogP) is 4.71. The van der Waals surface area contributed by atoms with Crippen molar-refractivity contribution >= 4 is 11.0 Å². The molecule has 0 unspecified atom stereocenters. The molecule has 136 valence electrons. The van der Waals surface area contributed by atoms with Crippen molar-refractivity contribution in [1.82, 2.24) is 14.8 Å². The van der Waals surface area contributed by atoms with Crippen molar-refractivity contribution < 1.29 is 13.2 Å². The Morgan fingerprint density at radius 2 is 1.67 bits per heavy atom. The molecule has 7 heteroatoms. The Morgan fingerprint density at radius 3 is 2.30 bits per heavy atom. The van der Waals surface area contributed by atoms with E-state index in [4.69, 9.17) is 0 Å². The normalized spacial score (nSPS) is 11.9. The fraction of sp³-hybridized carbons (Fsp3) is 0.100. The molecule has 0 radical (unpaired) electrons. The summed E-state index contributed by atoms with van der Waals surface area (Å²) < 4.78 is 42.1. The number of fused-ring (bicyclic) bond motifs is 1. The van der Waals surface area contributed by atoms with Crippen LogP contribution < -0.4 is 5.56 Å². The van der Waals surface area contributed by atoms with Crippen LogP contribution in [0.4, 0.5) is 13.2 Å². The minimum Gasteiger partial charge on any atom is -0.274 e. The first kappa shape index (κ1) is 17.1. The van der Waals surface area contributed by atoms with Crippen molar-refractivity contribution in [3.63, 3.8) is 0 Å². The van der Waals surface area contributed by atoms with Crippen LogP contribution in [0.3, 0.4) is 0 Å². The predicted molar refractivity (Wildman–Crippen MR) is 96.9 cm³/mol. The molecule has 0 bridgehead atoms. The van der Waals surface area contributed by atoms with Gasteiger partial charge in [-0.3, -0.25) is 9.89 Å². The molecule has 4 aromatic rings. The summed E-state index contributed by atoms with van der Waals surface area (Å²) in [5.74, 6) is 0. The summed E-state index contributed by atoms with van der Waals surface area (Å²) in [6, 6.07) is 16.3. The molecule has 2 heterocycles. The zero-order chi connectivity index (χ0) is 19.2. The summed E-state index contributed by atoms with van der Waals surface area (Å²) in [7, 11) is 0. The third-order valence-electron chi connectivity index (χ3n) is 4.32. The highest BCUT2D eigenvalue weighted by molar-refractivity contribution is 5.83. The monoisotopic (exact) mass is 369 g/mol. The highest BCUT2D eigenvalue weighted by atomic mass is 19.4. The van der Waals surface area contributed by atoms with Gasteiger partial charge in [-0.2, -0.15) is 13.2 Å². The maximum atomic E-state index is 13.7. The summed E-state index contributed by atoms with van der Waals surface area (Å²) >= 11 is 0. The van der Waals surface area contributed by atoms with E-state index in [-0.39, 0.29) is 11.3 Å². The Hall–Kier alpha value is -3.35. The number of aryl methyl sites for hydroxylation is 1. The van der Waals surface area contributed by atoms with Crippen LogP contribution in [0.15, 0.2) is 65.5 Å². The Bertz CT molecular complexity index is 1170. The molecule has 2 aromatic heterocycles. The van der Waals surface area contributed by atoms with Crippen LogP contribution in [0.25, 0.3) is 28.0 Å². The first-order valence-corrected chi connectivity index (χ1v) is 8.20. The largest absolute Gasteiger partial charge is 0.417 e. The Morgan fingerprint density at radius 1 is 1.00 bits per heavy atom. The first-order valence-electron chi connectivity index (χ1n) is 8.20. The number of alkyl halides is 3. The number of halogens is 3. The molecular weight excluding hydrogens is 355 g/mol. The van der Waals surface area contributed by atoms with E-state index in [1.165, 1.54) is 0 Å². The van der Waals surface area contributed by atoms with Crippen LogP contribution in [0.1, 0.15) is 11.1 Å². The quantitative estimate of drug-likeness (QED) is 0.556. The number of H-pyrrole nitrogens is 1. The number of para-hydroxylation sites is 1. The minimum atomic E-state index is -4.68. The van der Waals surface area contributed by atoms with Gasteiger partial charge in [-0.05, 0) is 25.1 Å². The molecular formula is C20H14F3N3O. The molecule has 0 aliphatic heterocycles. The molecule has 0 saturated heterocycles. The van der Waals surface area contributed by atoms with Gasteiger partial charge in [-0.25, -0.2) is 9.67 Å². The molecule has 0 saturated carbocycles. The van der Waals surface area contributed by atoms with Gasteiger partial charge in [0, 0.05) is 5.56 Å². The zero-order valence-corrected chi connectivity index (χ0v) is 14.2. The molecule has 4 rings (SSSR count). The molecule has 2 aromatic carbocycles. The number of rotatable bonds is 2. The second kappa shape index (κ2) is 6.12. The van der Waals surface area contributed by atoms with Gasteiger partial charge in [0.1, 0.15) is 0 Å². The highest BCUT2D eigenvalue weighted by Crippen LogP contribution is 2.35. The fourth-order valence-corrected chi connectivity index (χ4v) is 2.97. The number of aromatic amines is 1. The van der Waals surface area contributed by atoms with Crippen molar-refractivity contribution in [3.05, 3.63) is 82.1 Å². The maximum Gasteiger partial charge on any atom is 0.417 e. The molecule has 0 aliphatic carbocycles. The highest BCUT2D eigenvalue weighted by Gasteiger charge is 2.36. The van der Waals surface area contributed by atoms with Crippen LogP contribution in [0.2, 0.25) is 0 Å². The van der Waals surface area contributed by atoms with Crippen molar-refractivity contribution in [3.8, 4) is 16.9 Å². The zero-order valence-electron chi connectivity index (χ0n) is 14.2. The van der Waals surface area contributed by atoms with E-state index in [0.29, 0.717) is 11.3 Å². The number of aromatic nitrogens is 3. The van der Waals surface area contributed by atoms with Crippen LogP contribution >= 0.6 is 0 Å². The fourth-order valence-electron chi connectivity index (χ4n) is 2.97. The van der Waals surface area contributed by atoms with Crippen molar-refractivity contribution in [1.29, 1.82) is 0 Å². The van der Waals surface area contributed by atoms with Gasteiger partial charge in [-0.15, -0.1) is 0 Å². The van der Waals surface area contributed by atoms with Gasteiger partial charge in [0.2, 0.25) is 0 Å². The van der Waals surface area contributed by atoms with Crippen LogP contribution in [-0.2, 0) is 6.18 Å². The molecule has 0 aliphatic rings. The Kier molecular flexibility index (Phi) is 3.87. The first-order chi connectivity index (χ1) is 12.8. The lowest BCUT2D eigenvalue weighted by Crippen LogP contribution is -2.17. The van der Waals surface area contributed by atoms with Gasteiger partial charge in [0.15, 0.2) is 5.65 Å². The number of pyridine rings is 1. The average molecular weight is 369 g/mol. The summed E-state index contributed by atoms with van der Waals surface area (Å²) in [4.78, 5) is 17.0. The third-order valence-corrected chi connectivity index (χ3v) is 4.32. The average Bonchev–Trinajstić information content (AvgIpc) is 2.98. The van der Waals surface area contributed by atoms with Crippen molar-refractivity contribution in [2.45, 2.75) is 13.1 Å². The molecule has 0 atom stereocenters. The van der Waals surface area contributed by atoms with Gasteiger partial charge >= 0.3 is 6.18 Å². The second-order valence-corrected chi connectivity index (χ2v) is 6.23. The van der Waals surface area contributed by atoms with E-state index in [9.17, 15) is 18.0 Å². The Labute approximate surface area is 151 Å². The van der Waals surface area contributed by atoms with Crippen LogP contribution in [0.5, 0.6) is 0 Å². The summed E-state index contributed by atoms with van der Waals surface area (Å²) in [6.07, 6.45) is -4.68. The lowest BCUT2D eigenvalue weighted by molar-refractivity contribution is -0.136. The lowest BCUT2D eigenvalue weighted by Gasteiger charge is -2.09. The van der Waals surface area contributed by atoms with E-state index >= 15 is 0 Å². The molecule has 27 heavy (non-hydrogen) atoms. The van der Waals surface area contributed by atoms with Gasteiger partial charge in [-0.1, -0.05) is 48.0 Å². The van der Waals surface area contributed by atoms with E-state index in [2.05, 4.69) is 10.1 Å². The van der Waals surface area contributed by atoms with E-state index in [0.717, 1.165) is 16.3 Å². The van der Waals surface area contributed by atoms with Gasteiger partial charge < -0.3 is 0 Å². The van der Waals surface area contributed by atoms with E-state index < -0.39 is 22.7 Å². The molecule has 0 fully saturated rings. The molecule has 1 N–H and O–H groups in total. The maximum absolute atomic E-state index is 13.7. The number of benzene rings is 2. The van der Waals surface area contributed by atoms with Crippen LogP contribution in [0, 0.1) is 6.92 Å². The SMILES string of the molecule is Cc1ccc(-c2cc(C(F)(F)F)c3c(=O)n(-c4ccccc4)[nH]c3n2)cc1. The number of hydrogen-bond donors (Lipinski definition) is 1. The smallest absolute Gasteiger partial charge is 0.274 e. The van der Waals surface area contributed by atoms with E-state index in [1.54, 1.807) is 54.6 Å². The second-order valence-electron chi connectivity index (χ2n) is 6.23. The standard InChI is InChI=1S/C20H14F3N3O/c1-12-7-9-13(10-8-12)16-11-15(20(21,22)23)17-18(24-16)25-26(19(17)27)14-5-3-2-4-6-14/h2-11H,1H3,(H,24,25). The summed E-state index contributed by atoms with van der Waals surface area (Å²) in [5, 5.41) is 2.24. The van der Waals surface area contributed by atoms with Crippen molar-refractivity contribution in [2.75, 3.05) is 0 Å². The number of nitrogens with zero attached hydrogens (tertiary/aromatic N) is 2. The van der Waals surface area contributed by atoms with Gasteiger partial charge in [0.05, 0.1) is 22.3 Å². The topological polar surface area (TPSA) is 50.7 Å². The van der Waals surface area contributed by atoms with Crippen molar-refractivity contribution in [2.24, 2.45) is 0 Å². The summed E-state index contributed by atoms with van der Waals surface area (Å²) in [5.41, 5.74) is 0.224. The Balaban J connectivity index is 2.02. The number of hydrogen-bond acceptors (Lipinski definition) is 2. The summed E-state index contributed by atoms with van der Waals surface area (Å²) in [6.45, 7) is 1.89.